The maximum Gasteiger partial charge on any atom is 0.0670 e. The second-order valence-electron chi connectivity index (χ2n) is 4.58. The predicted molar refractivity (Wildman–Crippen MR) is 69.7 cm³/mol. The summed E-state index contributed by atoms with van der Waals surface area (Å²) in [6, 6.07) is 2.02. The number of nitrogens with two attached hydrogens (primary N) is 1. The molecule has 0 spiro atoms. The summed E-state index contributed by atoms with van der Waals surface area (Å²) in [4.78, 5) is 0. The van der Waals surface area contributed by atoms with Crippen LogP contribution in [-0.4, -0.2) is 19.6 Å². The number of hydrazine groups is 1. The number of nitrogens with one attached hydrogen (secondary N) is 1. The molecule has 0 radical (unpaired) electrons. The quantitative estimate of drug-likeness (QED) is 0.611. The largest absolute Gasteiger partial charge is 0.272 e. The van der Waals surface area contributed by atoms with Gasteiger partial charge in [0.05, 0.1) is 17.4 Å². The lowest BCUT2D eigenvalue weighted by atomic mass is 10.0. The lowest BCUT2D eigenvalue weighted by molar-refractivity contribution is 0.506. The summed E-state index contributed by atoms with van der Waals surface area (Å²) in [6.07, 6.45) is 2.59. The Kier molecular flexibility index (Phi) is 3.49. The molecule has 6 heteroatoms. The molecule has 6 nitrogen and oxygen atoms in total. The van der Waals surface area contributed by atoms with E-state index in [0.29, 0.717) is 0 Å². The Morgan fingerprint density at radius 1 is 1.33 bits per heavy atom. The van der Waals surface area contributed by atoms with Crippen LogP contribution in [0.1, 0.15) is 28.7 Å². The highest BCUT2D eigenvalue weighted by molar-refractivity contribution is 5.27. The molecule has 2 aromatic heterocycles. The maximum absolute atomic E-state index is 5.67. The van der Waals surface area contributed by atoms with Crippen LogP contribution >= 0.6 is 0 Å². The van der Waals surface area contributed by atoms with Crippen LogP contribution in [0.3, 0.4) is 0 Å². The van der Waals surface area contributed by atoms with Crippen LogP contribution in [0.5, 0.6) is 0 Å². The second kappa shape index (κ2) is 4.91. The molecule has 2 heterocycles. The van der Waals surface area contributed by atoms with Crippen LogP contribution in [0, 0.1) is 13.8 Å². The van der Waals surface area contributed by atoms with E-state index in [2.05, 4.69) is 22.5 Å². The molecule has 0 saturated heterocycles. The molecule has 1 unspecified atom stereocenters. The molecule has 98 valence electrons. The van der Waals surface area contributed by atoms with Gasteiger partial charge in [0.1, 0.15) is 0 Å². The Morgan fingerprint density at radius 3 is 2.50 bits per heavy atom. The number of hydrogen-bond donors (Lipinski definition) is 2. The standard InChI is InChI=1S/C12H20N6/c1-8-10(9(2)17(3)16-8)7-11(15-13)12-5-6-14-18(12)4/h5-6,11,15H,7,13H2,1-4H3. The molecule has 0 aliphatic rings. The van der Waals surface area contributed by atoms with Crippen molar-refractivity contribution in [3.63, 3.8) is 0 Å². The zero-order valence-electron chi connectivity index (χ0n) is 11.3. The van der Waals surface area contributed by atoms with Gasteiger partial charge in [-0.2, -0.15) is 10.2 Å². The summed E-state index contributed by atoms with van der Waals surface area (Å²) in [7, 11) is 3.88. The van der Waals surface area contributed by atoms with Crippen LogP contribution < -0.4 is 11.3 Å². The highest BCUT2D eigenvalue weighted by Gasteiger charge is 2.18. The normalized spacial score (nSPS) is 12.9. The predicted octanol–water partition coefficient (Wildman–Crippen LogP) is 0.518. The molecule has 0 saturated carbocycles. The summed E-state index contributed by atoms with van der Waals surface area (Å²) in [6.45, 7) is 4.10. The second-order valence-corrected chi connectivity index (χ2v) is 4.58. The Bertz CT molecular complexity index is 539. The number of rotatable bonds is 4. The van der Waals surface area contributed by atoms with Crippen molar-refractivity contribution in [2.75, 3.05) is 0 Å². The molecular weight excluding hydrogens is 228 g/mol. The molecule has 0 aliphatic carbocycles. The first kappa shape index (κ1) is 12.8. The first-order valence-corrected chi connectivity index (χ1v) is 5.97. The van der Waals surface area contributed by atoms with Crippen LogP contribution in [0.2, 0.25) is 0 Å². The third-order valence-electron chi connectivity index (χ3n) is 3.48. The molecule has 0 bridgehead atoms. The molecule has 0 aromatic carbocycles. The fourth-order valence-corrected chi connectivity index (χ4v) is 2.29. The van der Waals surface area contributed by atoms with Crippen molar-refractivity contribution in [3.8, 4) is 0 Å². The van der Waals surface area contributed by atoms with Gasteiger partial charge in [0, 0.05) is 26.0 Å². The average Bonchev–Trinajstić information content (AvgIpc) is 2.84. The lowest BCUT2D eigenvalue weighted by Crippen LogP contribution is -2.31. The monoisotopic (exact) mass is 248 g/mol. The Balaban J connectivity index is 2.29. The van der Waals surface area contributed by atoms with Crippen molar-refractivity contribution in [1.29, 1.82) is 0 Å². The van der Waals surface area contributed by atoms with Crippen molar-refractivity contribution in [1.82, 2.24) is 25.0 Å². The molecule has 0 fully saturated rings. The van der Waals surface area contributed by atoms with E-state index in [-0.39, 0.29) is 6.04 Å². The van der Waals surface area contributed by atoms with Crippen LogP contribution in [0.25, 0.3) is 0 Å². The Hall–Kier alpha value is -1.66. The maximum atomic E-state index is 5.67. The third-order valence-corrected chi connectivity index (χ3v) is 3.48. The van der Waals surface area contributed by atoms with E-state index >= 15 is 0 Å². The first-order chi connectivity index (χ1) is 8.54. The van der Waals surface area contributed by atoms with E-state index in [4.69, 9.17) is 5.84 Å². The zero-order chi connectivity index (χ0) is 13.3. The summed E-state index contributed by atoms with van der Waals surface area (Å²) in [5, 5.41) is 8.60. The van der Waals surface area contributed by atoms with Gasteiger partial charge in [-0.3, -0.25) is 20.6 Å². The highest BCUT2D eigenvalue weighted by atomic mass is 15.3. The number of hydrogen-bond acceptors (Lipinski definition) is 4. The molecule has 0 aliphatic heterocycles. The van der Waals surface area contributed by atoms with Gasteiger partial charge in [0.15, 0.2) is 0 Å². The van der Waals surface area contributed by atoms with Crippen molar-refractivity contribution in [2.45, 2.75) is 26.3 Å². The van der Waals surface area contributed by atoms with Gasteiger partial charge in [-0.05, 0) is 31.9 Å². The molecule has 0 amide bonds. The molecule has 2 aromatic rings. The van der Waals surface area contributed by atoms with Crippen LogP contribution in [-0.2, 0) is 20.5 Å². The van der Waals surface area contributed by atoms with E-state index in [1.54, 1.807) is 6.20 Å². The zero-order valence-corrected chi connectivity index (χ0v) is 11.3. The minimum absolute atomic E-state index is 0.0408. The molecule has 18 heavy (non-hydrogen) atoms. The Labute approximate surface area is 107 Å². The van der Waals surface area contributed by atoms with Gasteiger partial charge in [0.25, 0.3) is 0 Å². The van der Waals surface area contributed by atoms with Gasteiger partial charge < -0.3 is 0 Å². The summed E-state index contributed by atoms with van der Waals surface area (Å²) in [5.41, 5.74) is 7.40. The average molecular weight is 248 g/mol. The van der Waals surface area contributed by atoms with E-state index in [1.807, 2.05) is 36.4 Å². The first-order valence-electron chi connectivity index (χ1n) is 5.97. The fraction of sp³-hybridized carbons (Fsp3) is 0.500. The van der Waals surface area contributed by atoms with E-state index < -0.39 is 0 Å². The summed E-state index contributed by atoms with van der Waals surface area (Å²) < 4.78 is 3.74. The van der Waals surface area contributed by atoms with E-state index in [1.165, 1.54) is 11.3 Å². The van der Waals surface area contributed by atoms with Crippen LogP contribution in [0.15, 0.2) is 12.3 Å². The minimum Gasteiger partial charge on any atom is -0.272 e. The van der Waals surface area contributed by atoms with Crippen molar-refractivity contribution in [3.05, 3.63) is 34.9 Å². The summed E-state index contributed by atoms with van der Waals surface area (Å²) in [5.74, 6) is 5.67. The van der Waals surface area contributed by atoms with Crippen molar-refractivity contribution < 1.29 is 0 Å². The summed E-state index contributed by atoms with van der Waals surface area (Å²) >= 11 is 0. The third kappa shape index (κ3) is 2.16. The Morgan fingerprint density at radius 2 is 2.06 bits per heavy atom. The smallest absolute Gasteiger partial charge is 0.0670 e. The van der Waals surface area contributed by atoms with Crippen molar-refractivity contribution >= 4 is 0 Å². The number of nitrogens with zero attached hydrogens (tertiary/aromatic N) is 4. The van der Waals surface area contributed by atoms with E-state index in [9.17, 15) is 0 Å². The number of aromatic nitrogens is 4. The molecular formula is C12H20N6. The molecule has 3 N–H and O–H groups in total. The van der Waals surface area contributed by atoms with Crippen molar-refractivity contribution in [2.24, 2.45) is 19.9 Å². The van der Waals surface area contributed by atoms with Gasteiger partial charge >= 0.3 is 0 Å². The van der Waals surface area contributed by atoms with Gasteiger partial charge in [0.2, 0.25) is 0 Å². The molecule has 2 rings (SSSR count). The number of aryl methyl sites for hydroxylation is 3. The lowest BCUT2D eigenvalue weighted by Gasteiger charge is -2.16. The molecule has 1 atom stereocenters. The highest BCUT2D eigenvalue weighted by Crippen LogP contribution is 2.21. The van der Waals surface area contributed by atoms with Gasteiger partial charge in [-0.1, -0.05) is 0 Å². The minimum atomic E-state index is 0.0408. The van der Waals surface area contributed by atoms with Gasteiger partial charge in [-0.15, -0.1) is 0 Å². The van der Waals surface area contributed by atoms with E-state index in [0.717, 1.165) is 17.8 Å². The fourth-order valence-electron chi connectivity index (χ4n) is 2.29. The SMILES string of the molecule is Cc1nn(C)c(C)c1CC(NN)c1ccnn1C. The van der Waals surface area contributed by atoms with Gasteiger partial charge in [-0.25, -0.2) is 0 Å². The topological polar surface area (TPSA) is 73.7 Å². The van der Waals surface area contributed by atoms with Crippen LogP contribution in [0.4, 0.5) is 0 Å².